The van der Waals surface area contributed by atoms with Crippen LogP contribution in [0.15, 0.2) is 0 Å². The fraction of sp³-hybridized carbons (Fsp3) is 1.00. The van der Waals surface area contributed by atoms with Gasteiger partial charge in [0.1, 0.15) is 0 Å². The molecule has 0 aliphatic rings. The van der Waals surface area contributed by atoms with Gasteiger partial charge in [0.05, 0.1) is 7.05 Å². The van der Waals surface area contributed by atoms with Crippen LogP contribution in [0.2, 0.25) is 0 Å². The van der Waals surface area contributed by atoms with E-state index in [0.717, 1.165) is 5.48 Å². The summed E-state index contributed by atoms with van der Waals surface area (Å²) in [5.74, 6) is 0. The second kappa shape index (κ2) is 12.7. The summed E-state index contributed by atoms with van der Waals surface area (Å²) in [4.78, 5) is 0. The Balaban J connectivity index is 0. The molecule has 0 aliphatic carbocycles. The summed E-state index contributed by atoms with van der Waals surface area (Å²) in [6.45, 7) is 0. The average Bonchev–Trinajstić information content (AvgIpc) is 0.918. The normalized spacial score (nSPS) is 4.50. The summed E-state index contributed by atoms with van der Waals surface area (Å²) in [5, 5.41) is 8.81. The highest BCUT2D eigenvalue weighted by Crippen LogP contribution is 0.691. The molecule has 0 saturated carbocycles. The predicted molar refractivity (Wildman–Crippen MR) is 17.9 cm³/mol. The highest BCUT2D eigenvalue weighted by Gasteiger charge is 1.12. The lowest BCUT2D eigenvalue weighted by Crippen LogP contribution is -2.71. The monoisotopic (exact) mass is 63.1 g/mol. The van der Waals surface area contributed by atoms with Crippen molar-refractivity contribution in [2.75, 3.05) is 7.05 Å². The molecule has 2 heteroatoms. The Hall–Kier alpha value is -0.0800. The van der Waals surface area contributed by atoms with E-state index in [-0.39, 0.29) is 7.43 Å². The van der Waals surface area contributed by atoms with Gasteiger partial charge in [0.15, 0.2) is 0 Å². The number of quaternary nitrogens is 1. The molecule has 0 aliphatic heterocycles. The van der Waals surface area contributed by atoms with Gasteiger partial charge >= 0.3 is 0 Å². The van der Waals surface area contributed by atoms with E-state index in [1.807, 2.05) is 0 Å². The van der Waals surface area contributed by atoms with E-state index in [1.54, 1.807) is 0 Å². The third kappa shape index (κ3) is 254. The maximum atomic E-state index is 8.81. The Morgan fingerprint density at radius 1 is 1.75 bits per heavy atom. The first kappa shape index (κ1) is 9.07. The van der Waals surface area contributed by atoms with Gasteiger partial charge in [-0.2, -0.15) is 0 Å². The van der Waals surface area contributed by atoms with E-state index in [2.05, 4.69) is 0 Å². The molecule has 0 unspecified atom stereocenters. The third-order valence-electron chi connectivity index (χ3n) is 0. The standard InChI is InChI=1S/CH5NO.CH4/c1-2-3;/h2H2,1H3;1H4. The van der Waals surface area contributed by atoms with Crippen LogP contribution in [0, 0.1) is 5.21 Å². The van der Waals surface area contributed by atoms with Crippen LogP contribution in [0.3, 0.4) is 0 Å². The zero-order chi connectivity index (χ0) is 2.71. The second-order valence-electron chi connectivity index (χ2n) is 0.236. The van der Waals surface area contributed by atoms with Crippen molar-refractivity contribution >= 4 is 0 Å². The topological polar surface area (TPSA) is 39.7 Å². The molecule has 0 fully saturated rings. The number of rotatable bonds is 0. The highest BCUT2D eigenvalue weighted by molar-refractivity contribution is 3.74. The number of hydrogen-bond donors (Lipinski definition) is 1. The van der Waals surface area contributed by atoms with Crippen LogP contribution in [0.4, 0.5) is 0 Å². The molecule has 0 spiro atoms. The van der Waals surface area contributed by atoms with E-state index in [9.17, 15) is 0 Å². The molecular formula is C2H9NO. The minimum absolute atomic E-state index is 0. The van der Waals surface area contributed by atoms with E-state index in [4.69, 9.17) is 5.21 Å². The Morgan fingerprint density at radius 2 is 1.75 bits per heavy atom. The molecule has 0 aromatic carbocycles. The molecule has 2 nitrogen and oxygen atoms in total. The summed E-state index contributed by atoms with van der Waals surface area (Å²) in [6, 6.07) is 0. The van der Waals surface area contributed by atoms with Gasteiger partial charge in [0.2, 0.25) is 0 Å². The quantitative estimate of drug-likeness (QED) is 0.371. The molecular weight excluding hydrogens is 54.0 g/mol. The van der Waals surface area contributed by atoms with Crippen molar-refractivity contribution in [1.29, 1.82) is 0 Å². The molecule has 0 amide bonds. The van der Waals surface area contributed by atoms with Crippen LogP contribution >= 0.6 is 0 Å². The van der Waals surface area contributed by atoms with Gasteiger partial charge < -0.3 is 10.7 Å². The lowest BCUT2D eigenvalue weighted by molar-refractivity contribution is -0.557. The van der Waals surface area contributed by atoms with Crippen molar-refractivity contribution in [1.82, 2.24) is 0 Å². The molecule has 28 valence electrons. The van der Waals surface area contributed by atoms with Crippen LogP contribution in [0.25, 0.3) is 0 Å². The van der Waals surface area contributed by atoms with Crippen molar-refractivity contribution < 1.29 is 5.48 Å². The summed E-state index contributed by atoms with van der Waals surface area (Å²) >= 11 is 0. The SMILES string of the molecule is C.C[NH2+][O-]. The van der Waals surface area contributed by atoms with E-state index < -0.39 is 0 Å². The van der Waals surface area contributed by atoms with Crippen LogP contribution in [-0.4, -0.2) is 7.05 Å². The third-order valence-corrected chi connectivity index (χ3v) is 0. The molecule has 4 heavy (non-hydrogen) atoms. The van der Waals surface area contributed by atoms with Crippen molar-refractivity contribution in [2.24, 2.45) is 0 Å². The summed E-state index contributed by atoms with van der Waals surface area (Å²) in [5.41, 5.74) is 0.750. The van der Waals surface area contributed by atoms with Gasteiger partial charge in [0.25, 0.3) is 0 Å². The van der Waals surface area contributed by atoms with Gasteiger partial charge in [-0.05, 0) is 0 Å². The number of hydroxylamine groups is 1. The minimum Gasteiger partial charge on any atom is -0.636 e. The second-order valence-corrected chi connectivity index (χ2v) is 0.236. The zero-order valence-electron chi connectivity index (χ0n) is 1.99. The molecule has 0 bridgehead atoms. The van der Waals surface area contributed by atoms with E-state index >= 15 is 0 Å². The molecule has 0 radical (unpaired) electrons. The van der Waals surface area contributed by atoms with Gasteiger partial charge in [-0.15, -0.1) is 0 Å². The number of nitrogens with two attached hydrogens (primary N) is 1. The first-order valence-corrected chi connectivity index (χ1v) is 0.813. The summed E-state index contributed by atoms with van der Waals surface area (Å²) in [7, 11) is 1.44. The average molecular weight is 63.1 g/mol. The van der Waals surface area contributed by atoms with Gasteiger partial charge in [0, 0.05) is 0 Å². The van der Waals surface area contributed by atoms with E-state index in [1.165, 1.54) is 7.05 Å². The smallest absolute Gasteiger partial charge is 0.0647 e. The predicted octanol–water partition coefficient (Wildman–Crippen LogP) is -0.686. The molecule has 0 atom stereocenters. The van der Waals surface area contributed by atoms with Crippen molar-refractivity contribution in [2.45, 2.75) is 7.43 Å². The maximum absolute atomic E-state index is 8.81. The fourth-order valence-electron chi connectivity index (χ4n) is 0. The first-order chi connectivity index (χ1) is 1.41. The maximum Gasteiger partial charge on any atom is 0.0647 e. The largest absolute Gasteiger partial charge is 0.636 e. The van der Waals surface area contributed by atoms with Crippen molar-refractivity contribution in [3.63, 3.8) is 0 Å². The molecule has 0 rings (SSSR count). The zero-order valence-corrected chi connectivity index (χ0v) is 1.99. The Morgan fingerprint density at radius 3 is 1.75 bits per heavy atom. The Kier molecular flexibility index (Phi) is 28.8. The molecule has 0 aromatic heterocycles. The summed E-state index contributed by atoms with van der Waals surface area (Å²) < 4.78 is 0. The Bertz CT molecular complexity index is 6.00. The summed E-state index contributed by atoms with van der Waals surface area (Å²) in [6.07, 6.45) is 0. The molecule has 2 N–H and O–H groups in total. The van der Waals surface area contributed by atoms with Gasteiger partial charge in [-0.25, -0.2) is 0 Å². The van der Waals surface area contributed by atoms with Gasteiger partial charge in [-0.3, -0.25) is 0 Å². The van der Waals surface area contributed by atoms with Crippen LogP contribution in [-0.2, 0) is 0 Å². The lowest BCUT2D eigenvalue weighted by atomic mass is 11.6. The fourth-order valence-corrected chi connectivity index (χ4v) is 0. The van der Waals surface area contributed by atoms with E-state index in [0.29, 0.717) is 0 Å². The molecule has 0 saturated heterocycles. The molecule has 0 heterocycles. The Labute approximate surface area is 26.4 Å². The minimum atomic E-state index is 0. The van der Waals surface area contributed by atoms with Crippen molar-refractivity contribution in [3.05, 3.63) is 5.21 Å². The van der Waals surface area contributed by atoms with Crippen LogP contribution in [0.1, 0.15) is 7.43 Å². The lowest BCUT2D eigenvalue weighted by Gasteiger charge is -1.79. The highest BCUT2D eigenvalue weighted by atomic mass is 16.5. The van der Waals surface area contributed by atoms with Crippen molar-refractivity contribution in [3.8, 4) is 0 Å². The van der Waals surface area contributed by atoms with Crippen LogP contribution < -0.4 is 5.48 Å². The molecule has 0 aromatic rings. The van der Waals surface area contributed by atoms with Gasteiger partial charge in [-0.1, -0.05) is 7.43 Å². The first-order valence-electron chi connectivity index (χ1n) is 0.813. The number of hydrogen-bond acceptors (Lipinski definition) is 1. The van der Waals surface area contributed by atoms with Crippen LogP contribution in [0.5, 0.6) is 0 Å².